The number of hydrogen-bond acceptors (Lipinski definition) is 2. The summed E-state index contributed by atoms with van der Waals surface area (Å²) in [6, 6.07) is 0. The van der Waals surface area contributed by atoms with Crippen molar-refractivity contribution >= 4 is 0 Å². The van der Waals surface area contributed by atoms with Gasteiger partial charge in [-0.25, -0.2) is 0 Å². The first-order valence-electron chi connectivity index (χ1n) is 5.53. The van der Waals surface area contributed by atoms with Crippen molar-refractivity contribution in [2.24, 2.45) is 0 Å². The third kappa shape index (κ3) is 2.61. The van der Waals surface area contributed by atoms with Crippen LogP contribution in [0.4, 0.5) is 0 Å². The maximum atomic E-state index is 11.2. The molecule has 0 atom stereocenters. The first-order valence-corrected chi connectivity index (χ1v) is 5.53. The van der Waals surface area contributed by atoms with Crippen LogP contribution in [0.5, 0.6) is 0 Å². The highest BCUT2D eigenvalue weighted by atomic mass is 16.2. The van der Waals surface area contributed by atoms with Crippen LogP contribution in [0.25, 0.3) is 0 Å². The zero-order valence-corrected chi connectivity index (χ0v) is 9.64. The molecule has 1 aromatic carbocycles. The SMILES string of the molecule is CCCC#Cc1c(C#CCCC)c(=O)c1=O. The Bertz CT molecular complexity index is 497. The van der Waals surface area contributed by atoms with Gasteiger partial charge in [0.15, 0.2) is 0 Å². The second-order valence-electron chi connectivity index (χ2n) is 3.51. The van der Waals surface area contributed by atoms with Gasteiger partial charge in [0.25, 0.3) is 0 Å². The molecule has 0 bridgehead atoms. The first-order chi connectivity index (χ1) is 7.72. The van der Waals surface area contributed by atoms with Crippen LogP contribution in [-0.4, -0.2) is 0 Å². The van der Waals surface area contributed by atoms with Gasteiger partial charge in [0.2, 0.25) is 10.9 Å². The summed E-state index contributed by atoms with van der Waals surface area (Å²) in [5.41, 5.74) is -0.349. The molecule has 1 aromatic rings. The largest absolute Gasteiger partial charge is 0.284 e. The van der Waals surface area contributed by atoms with E-state index in [9.17, 15) is 9.59 Å². The van der Waals surface area contributed by atoms with Crippen molar-refractivity contribution in [2.45, 2.75) is 39.5 Å². The van der Waals surface area contributed by atoms with E-state index in [1.165, 1.54) is 0 Å². The molecule has 2 heteroatoms. The van der Waals surface area contributed by atoms with E-state index in [0.717, 1.165) is 25.7 Å². The molecule has 0 unspecified atom stereocenters. The van der Waals surface area contributed by atoms with Crippen molar-refractivity contribution in [1.82, 2.24) is 0 Å². The predicted molar refractivity (Wildman–Crippen MR) is 64.9 cm³/mol. The van der Waals surface area contributed by atoms with Gasteiger partial charge in [0.1, 0.15) is 0 Å². The summed E-state index contributed by atoms with van der Waals surface area (Å²) in [7, 11) is 0. The monoisotopic (exact) mass is 214 g/mol. The van der Waals surface area contributed by atoms with E-state index in [1.54, 1.807) is 0 Å². The van der Waals surface area contributed by atoms with E-state index in [-0.39, 0.29) is 0 Å². The zero-order chi connectivity index (χ0) is 12.0. The summed E-state index contributed by atoms with van der Waals surface area (Å²) < 4.78 is 0. The van der Waals surface area contributed by atoms with E-state index >= 15 is 0 Å². The molecule has 82 valence electrons. The molecular weight excluding hydrogens is 200 g/mol. The minimum Gasteiger partial charge on any atom is -0.284 e. The summed E-state index contributed by atoms with van der Waals surface area (Å²) in [5.74, 6) is 11.2. The van der Waals surface area contributed by atoms with Crippen molar-refractivity contribution in [3.05, 3.63) is 31.6 Å². The van der Waals surface area contributed by atoms with Gasteiger partial charge < -0.3 is 0 Å². The van der Waals surface area contributed by atoms with Crippen molar-refractivity contribution < 1.29 is 0 Å². The Hall–Kier alpha value is -1.80. The Kier molecular flexibility index (Phi) is 4.55. The maximum Gasteiger partial charge on any atom is 0.244 e. The van der Waals surface area contributed by atoms with Crippen molar-refractivity contribution in [3.8, 4) is 23.7 Å². The molecule has 0 radical (unpaired) electrons. The van der Waals surface area contributed by atoms with E-state index in [0.29, 0.717) is 11.1 Å². The molecule has 0 heterocycles. The normalized spacial score (nSPS) is 9.12. The van der Waals surface area contributed by atoms with Crippen LogP contribution >= 0.6 is 0 Å². The topological polar surface area (TPSA) is 34.1 Å². The lowest BCUT2D eigenvalue weighted by atomic mass is 10.0. The van der Waals surface area contributed by atoms with Crippen molar-refractivity contribution in [2.75, 3.05) is 0 Å². The van der Waals surface area contributed by atoms with Gasteiger partial charge in [-0.2, -0.15) is 0 Å². The summed E-state index contributed by atoms with van der Waals surface area (Å²) in [6.45, 7) is 4.03. The molecule has 0 saturated carbocycles. The molecule has 0 spiro atoms. The third-order valence-electron chi connectivity index (χ3n) is 2.09. The summed E-state index contributed by atoms with van der Waals surface area (Å²) in [6.07, 6.45) is 3.36. The van der Waals surface area contributed by atoms with Crippen LogP contribution in [0.1, 0.15) is 50.7 Å². The van der Waals surface area contributed by atoms with Crippen LogP contribution in [0.15, 0.2) is 9.59 Å². The molecule has 16 heavy (non-hydrogen) atoms. The van der Waals surface area contributed by atoms with Crippen LogP contribution in [-0.2, 0) is 0 Å². The van der Waals surface area contributed by atoms with Crippen molar-refractivity contribution in [1.29, 1.82) is 0 Å². The highest BCUT2D eigenvalue weighted by Crippen LogP contribution is 1.97. The minimum atomic E-state index is -0.482. The Morgan fingerprint density at radius 1 is 0.812 bits per heavy atom. The number of hydrogen-bond donors (Lipinski definition) is 0. The van der Waals surface area contributed by atoms with E-state index in [4.69, 9.17) is 0 Å². The van der Waals surface area contributed by atoms with Crippen LogP contribution in [0.2, 0.25) is 0 Å². The molecule has 0 fully saturated rings. The van der Waals surface area contributed by atoms with Gasteiger partial charge >= 0.3 is 0 Å². The van der Waals surface area contributed by atoms with Crippen LogP contribution in [0.3, 0.4) is 0 Å². The fourth-order valence-electron chi connectivity index (χ4n) is 1.18. The van der Waals surface area contributed by atoms with Gasteiger partial charge in [0, 0.05) is 12.8 Å². The summed E-state index contributed by atoms with van der Waals surface area (Å²) in [4.78, 5) is 22.4. The lowest BCUT2D eigenvalue weighted by molar-refractivity contribution is 0.982. The molecule has 0 amide bonds. The number of rotatable bonds is 2. The summed E-state index contributed by atoms with van der Waals surface area (Å²) >= 11 is 0. The van der Waals surface area contributed by atoms with Crippen LogP contribution < -0.4 is 10.9 Å². The Morgan fingerprint density at radius 2 is 1.19 bits per heavy atom. The second kappa shape index (κ2) is 5.93. The average molecular weight is 214 g/mol. The Labute approximate surface area is 95.4 Å². The summed E-state index contributed by atoms with van der Waals surface area (Å²) in [5, 5.41) is 0. The lowest BCUT2D eigenvalue weighted by Gasteiger charge is -1.96. The van der Waals surface area contributed by atoms with Gasteiger partial charge in [-0.15, -0.1) is 0 Å². The molecule has 0 aliphatic rings. The quantitative estimate of drug-likeness (QED) is 0.553. The molecule has 0 N–H and O–H groups in total. The standard InChI is InChI=1S/C14H14O2/c1-3-5-7-9-11-12(10-8-6-4-2)14(16)13(11)15/h3-6H2,1-2H3. The second-order valence-corrected chi connectivity index (χ2v) is 3.51. The molecule has 0 aliphatic heterocycles. The molecule has 1 rings (SSSR count). The highest BCUT2D eigenvalue weighted by Gasteiger charge is 2.16. The Balaban J connectivity index is 2.93. The highest BCUT2D eigenvalue weighted by molar-refractivity contribution is 5.54. The lowest BCUT2D eigenvalue weighted by Crippen LogP contribution is -2.37. The van der Waals surface area contributed by atoms with E-state index < -0.39 is 10.9 Å². The molecule has 2 nitrogen and oxygen atoms in total. The molecule has 0 saturated heterocycles. The van der Waals surface area contributed by atoms with Gasteiger partial charge in [-0.1, -0.05) is 37.5 Å². The van der Waals surface area contributed by atoms with E-state index in [1.807, 2.05) is 13.8 Å². The fraction of sp³-hybridized carbons (Fsp3) is 0.429. The smallest absolute Gasteiger partial charge is 0.244 e. The zero-order valence-electron chi connectivity index (χ0n) is 9.64. The first kappa shape index (κ1) is 12.3. The van der Waals surface area contributed by atoms with Gasteiger partial charge in [-0.05, 0) is 12.8 Å². The third-order valence-corrected chi connectivity index (χ3v) is 2.09. The molecular formula is C14H14O2. The number of unbranched alkanes of at least 4 members (excludes halogenated alkanes) is 2. The van der Waals surface area contributed by atoms with E-state index in [2.05, 4.69) is 23.7 Å². The molecule has 0 aliphatic carbocycles. The van der Waals surface area contributed by atoms with Gasteiger partial charge in [-0.3, -0.25) is 9.59 Å². The van der Waals surface area contributed by atoms with Gasteiger partial charge in [0.05, 0.1) is 11.1 Å². The van der Waals surface area contributed by atoms with Crippen molar-refractivity contribution in [3.63, 3.8) is 0 Å². The minimum absolute atomic E-state index is 0.307. The fourth-order valence-corrected chi connectivity index (χ4v) is 1.18. The predicted octanol–water partition coefficient (Wildman–Crippen LogP) is 1.59. The average Bonchev–Trinajstić information content (AvgIpc) is 2.31. The van der Waals surface area contributed by atoms with Crippen LogP contribution in [0, 0.1) is 23.7 Å². The molecule has 0 aromatic heterocycles. The Morgan fingerprint density at radius 3 is 1.50 bits per heavy atom. The maximum absolute atomic E-state index is 11.2.